The molecule has 2 aliphatic heterocycles. The number of carbonyl (C=O) groups is 2. The maximum atomic E-state index is 12.7. The van der Waals surface area contributed by atoms with Gasteiger partial charge in [-0.1, -0.05) is 19.8 Å². The number of aliphatic hydroxyl groups is 3. The Bertz CT molecular complexity index is 623. The lowest BCUT2D eigenvalue weighted by Gasteiger charge is -2.41. The van der Waals surface area contributed by atoms with Crippen LogP contribution in [0.1, 0.15) is 39.5 Å². The largest absolute Gasteiger partial charge is 0.489 e. The topological polar surface area (TPSA) is 137 Å². The molecule has 1 amide bonds. The van der Waals surface area contributed by atoms with Crippen LogP contribution < -0.4 is 0 Å². The fourth-order valence-corrected chi connectivity index (χ4v) is 4.45. The number of aliphatic carboxylic acids is 1. The van der Waals surface area contributed by atoms with Gasteiger partial charge in [0.25, 0.3) is 5.91 Å². The Kier molecular flexibility index (Phi) is 7.74. The van der Waals surface area contributed by atoms with Crippen LogP contribution in [-0.2, 0) is 19.2 Å². The molecule has 0 radical (unpaired) electrons. The lowest BCUT2D eigenvalue weighted by molar-refractivity contribution is -0.176. The summed E-state index contributed by atoms with van der Waals surface area (Å²) in [4.78, 5) is 28.6. The fourth-order valence-electron chi connectivity index (χ4n) is 3.43. The van der Waals surface area contributed by atoms with E-state index in [1.54, 1.807) is 0 Å². The van der Waals surface area contributed by atoms with E-state index in [0.29, 0.717) is 6.42 Å². The van der Waals surface area contributed by atoms with E-state index in [0.717, 1.165) is 36.1 Å². The first-order valence-corrected chi connectivity index (χ1v) is 10.5. The summed E-state index contributed by atoms with van der Waals surface area (Å²) >= 11 is 1.12. The number of nitrogens with zero attached hydrogens (tertiary/aromatic N) is 1. The fraction of sp³-hybridized carbons (Fsp3) is 0.778. The third-order valence-corrected chi connectivity index (χ3v) is 6.24. The van der Waals surface area contributed by atoms with Gasteiger partial charge in [-0.15, -0.1) is 0 Å². The minimum absolute atomic E-state index is 0.0389. The Labute approximate surface area is 168 Å². The number of amides is 1. The van der Waals surface area contributed by atoms with Crippen molar-refractivity contribution in [3.8, 4) is 0 Å². The summed E-state index contributed by atoms with van der Waals surface area (Å²) in [5.74, 6) is -1.54. The van der Waals surface area contributed by atoms with Crippen molar-refractivity contribution < 1.29 is 39.6 Å². The van der Waals surface area contributed by atoms with Gasteiger partial charge in [0, 0.05) is 11.5 Å². The number of ether oxygens (including phenoxy) is 1. The molecule has 2 rings (SSSR count). The predicted octanol–water partition coefficient (Wildman–Crippen LogP) is 0.282. The zero-order chi connectivity index (χ0) is 21.1. The molecule has 0 aromatic rings. The molecule has 0 spiro atoms. The van der Waals surface area contributed by atoms with E-state index in [1.807, 2.05) is 0 Å². The lowest BCUT2D eigenvalue weighted by atomic mass is 9.82. The molecule has 0 aromatic carbocycles. The van der Waals surface area contributed by atoms with E-state index in [1.165, 1.54) is 14.0 Å². The third kappa shape index (κ3) is 4.46. The molecule has 4 N–H and O–H groups in total. The Hall–Kier alpha value is -1.33. The van der Waals surface area contributed by atoms with E-state index in [2.05, 4.69) is 6.92 Å². The summed E-state index contributed by atoms with van der Waals surface area (Å²) in [6.45, 7) is 3.51. The average molecular weight is 419 g/mol. The van der Waals surface area contributed by atoms with Gasteiger partial charge in [0.1, 0.15) is 29.6 Å². The molecule has 0 fully saturated rings. The van der Waals surface area contributed by atoms with Crippen LogP contribution in [0.2, 0.25) is 0 Å². The highest BCUT2D eigenvalue weighted by atomic mass is 32.2. The molecule has 0 aliphatic carbocycles. The summed E-state index contributed by atoms with van der Waals surface area (Å²) in [6.07, 6.45) is -0.360. The van der Waals surface area contributed by atoms with Gasteiger partial charge in [0.2, 0.25) is 0 Å². The Balaban J connectivity index is 2.21. The molecular weight excluding hydrogens is 390 g/mol. The Morgan fingerprint density at radius 1 is 1.43 bits per heavy atom. The van der Waals surface area contributed by atoms with Gasteiger partial charge >= 0.3 is 5.97 Å². The molecular formula is C18H29NO8S. The van der Waals surface area contributed by atoms with Crippen LogP contribution in [0, 0.1) is 0 Å². The number of rotatable bonds is 10. The van der Waals surface area contributed by atoms with Gasteiger partial charge in [-0.3, -0.25) is 9.63 Å². The molecule has 10 heteroatoms. The number of unbranched alkanes of at least 4 members (excludes halogenated alkanes) is 2. The molecule has 2 heterocycles. The first-order valence-electron chi connectivity index (χ1n) is 9.34. The Morgan fingerprint density at radius 2 is 2.11 bits per heavy atom. The van der Waals surface area contributed by atoms with Crippen LogP contribution >= 0.6 is 11.8 Å². The molecule has 5 atom stereocenters. The van der Waals surface area contributed by atoms with Gasteiger partial charge in [-0.25, -0.2) is 9.86 Å². The summed E-state index contributed by atoms with van der Waals surface area (Å²) < 4.78 is 6.00. The van der Waals surface area contributed by atoms with Crippen molar-refractivity contribution in [3.05, 3.63) is 11.3 Å². The van der Waals surface area contributed by atoms with Crippen LogP contribution in [0.4, 0.5) is 0 Å². The molecule has 0 saturated carbocycles. The predicted molar refractivity (Wildman–Crippen MR) is 101 cm³/mol. The minimum atomic E-state index is -1.62. The quantitative estimate of drug-likeness (QED) is 0.368. The highest BCUT2D eigenvalue weighted by Gasteiger charge is 2.56. The van der Waals surface area contributed by atoms with Crippen LogP contribution in [0.3, 0.4) is 0 Å². The molecule has 0 aromatic heterocycles. The number of carbonyl (C=O) groups excluding carboxylic acids is 1. The summed E-state index contributed by atoms with van der Waals surface area (Å²) in [7, 11) is 1.31. The minimum Gasteiger partial charge on any atom is -0.489 e. The monoisotopic (exact) mass is 419 g/mol. The van der Waals surface area contributed by atoms with E-state index in [4.69, 9.17) is 14.7 Å². The van der Waals surface area contributed by atoms with E-state index in [-0.39, 0.29) is 22.8 Å². The van der Waals surface area contributed by atoms with E-state index < -0.39 is 41.8 Å². The van der Waals surface area contributed by atoms with Crippen LogP contribution in [-0.4, -0.2) is 85.9 Å². The molecule has 28 heavy (non-hydrogen) atoms. The van der Waals surface area contributed by atoms with Gasteiger partial charge in [-0.05, 0) is 19.8 Å². The molecule has 2 aliphatic rings. The maximum absolute atomic E-state index is 12.7. The summed E-state index contributed by atoms with van der Waals surface area (Å²) in [6, 6.07) is -0.682. The van der Waals surface area contributed by atoms with Crippen molar-refractivity contribution in [1.29, 1.82) is 0 Å². The van der Waals surface area contributed by atoms with Gasteiger partial charge in [-0.2, -0.15) is 11.8 Å². The lowest BCUT2D eigenvalue weighted by Crippen LogP contribution is -2.55. The second-order valence-corrected chi connectivity index (χ2v) is 8.30. The molecule has 160 valence electrons. The summed E-state index contributed by atoms with van der Waals surface area (Å²) in [5, 5.41) is 40.8. The zero-order valence-electron chi connectivity index (χ0n) is 16.3. The van der Waals surface area contributed by atoms with Crippen LogP contribution in [0.5, 0.6) is 0 Å². The first kappa shape index (κ1) is 23.0. The van der Waals surface area contributed by atoms with Gasteiger partial charge < -0.3 is 25.2 Å². The molecule has 0 unspecified atom stereocenters. The second kappa shape index (κ2) is 9.45. The van der Waals surface area contributed by atoms with Crippen molar-refractivity contribution in [2.75, 3.05) is 18.6 Å². The maximum Gasteiger partial charge on any atom is 0.333 e. The smallest absolute Gasteiger partial charge is 0.333 e. The highest BCUT2D eigenvalue weighted by molar-refractivity contribution is 7.99. The molecule has 0 saturated heterocycles. The number of carboxylic acids is 1. The standard InChI is InChI=1S/C18H29NO8S/c1-4-5-6-7-12-18(2,25)15(21)13-14(27-12)10(19(26-3)16(13)22)8-28-9-11(20)17(23)24/h10-12,15,20-21,25H,4-9H2,1-3H3,(H,23,24)/t10-,11-,12+,15+,18+/m0/s1. The Morgan fingerprint density at radius 3 is 2.68 bits per heavy atom. The summed E-state index contributed by atoms with van der Waals surface area (Å²) in [5.41, 5.74) is -1.66. The first-order chi connectivity index (χ1) is 13.2. The second-order valence-electron chi connectivity index (χ2n) is 7.23. The van der Waals surface area contributed by atoms with Crippen molar-refractivity contribution in [2.45, 2.75) is 69.5 Å². The number of hydroxylamine groups is 2. The number of hydrogen-bond acceptors (Lipinski definition) is 8. The van der Waals surface area contributed by atoms with Crippen LogP contribution in [0.15, 0.2) is 11.3 Å². The SMILES string of the molecule is CCCCC[C@H]1OC2=C(C(=O)N(OC)[C@H]2CSC[C@H](O)C(=O)O)[C@@H](O)[C@]1(C)O. The normalized spacial score (nSPS) is 31.0. The highest BCUT2D eigenvalue weighted by Crippen LogP contribution is 2.42. The van der Waals surface area contributed by atoms with Crippen molar-refractivity contribution in [3.63, 3.8) is 0 Å². The number of thioether (sulfide) groups is 1. The number of carboxylic acid groups (broad SMARTS) is 1. The van der Waals surface area contributed by atoms with E-state index in [9.17, 15) is 24.9 Å². The molecule has 9 nitrogen and oxygen atoms in total. The van der Waals surface area contributed by atoms with Gasteiger partial charge in [0.15, 0.2) is 6.10 Å². The third-order valence-electron chi connectivity index (χ3n) is 5.13. The zero-order valence-corrected chi connectivity index (χ0v) is 17.1. The van der Waals surface area contributed by atoms with Crippen molar-refractivity contribution in [1.82, 2.24) is 5.06 Å². The van der Waals surface area contributed by atoms with Crippen molar-refractivity contribution >= 4 is 23.6 Å². The van der Waals surface area contributed by atoms with Crippen molar-refractivity contribution in [2.24, 2.45) is 0 Å². The average Bonchev–Trinajstić information content (AvgIpc) is 2.90. The molecule has 0 bridgehead atoms. The van der Waals surface area contributed by atoms with E-state index >= 15 is 0 Å². The van der Waals surface area contributed by atoms with Crippen LogP contribution in [0.25, 0.3) is 0 Å². The number of hydrogen-bond donors (Lipinski definition) is 4. The number of aliphatic hydroxyl groups excluding tert-OH is 2. The van der Waals surface area contributed by atoms with Gasteiger partial charge in [0.05, 0.1) is 12.7 Å².